The summed E-state index contributed by atoms with van der Waals surface area (Å²) in [5.41, 5.74) is 8.84. The molecular formula is C22H16N4O4. The van der Waals surface area contributed by atoms with Crippen LogP contribution in [0.4, 0.5) is 17.1 Å². The van der Waals surface area contributed by atoms with E-state index in [1.165, 1.54) is 12.1 Å². The third-order valence-corrected chi connectivity index (χ3v) is 4.79. The zero-order valence-electron chi connectivity index (χ0n) is 15.6. The molecule has 0 unspecified atom stereocenters. The van der Waals surface area contributed by atoms with Crippen LogP contribution in [0, 0.1) is 20.2 Å². The van der Waals surface area contributed by atoms with Crippen molar-refractivity contribution in [2.75, 3.05) is 5.73 Å². The lowest BCUT2D eigenvalue weighted by molar-refractivity contribution is -0.384. The molecule has 0 radical (unpaired) electrons. The Bertz CT molecular complexity index is 1190. The highest BCUT2D eigenvalue weighted by molar-refractivity contribution is 5.81. The van der Waals surface area contributed by atoms with Gasteiger partial charge in [-0.1, -0.05) is 24.3 Å². The van der Waals surface area contributed by atoms with Crippen LogP contribution in [0.15, 0.2) is 84.9 Å². The first-order chi connectivity index (χ1) is 14.5. The number of aromatic nitrogens is 1. The van der Waals surface area contributed by atoms with Gasteiger partial charge in [-0.15, -0.1) is 0 Å². The molecule has 0 amide bonds. The molecule has 4 aromatic rings. The molecule has 1 heterocycles. The Morgan fingerprint density at radius 3 is 1.50 bits per heavy atom. The summed E-state index contributed by atoms with van der Waals surface area (Å²) in [6, 6.07) is 23.2. The number of nitrogen functional groups attached to an aromatic ring is 1. The van der Waals surface area contributed by atoms with Crippen LogP contribution in [0.5, 0.6) is 0 Å². The van der Waals surface area contributed by atoms with Crippen LogP contribution in [0.2, 0.25) is 0 Å². The van der Waals surface area contributed by atoms with Crippen molar-refractivity contribution in [2.45, 2.75) is 0 Å². The summed E-state index contributed by atoms with van der Waals surface area (Å²) in [6.45, 7) is 0. The topological polar surface area (TPSA) is 117 Å². The molecule has 30 heavy (non-hydrogen) atoms. The van der Waals surface area contributed by atoms with Crippen LogP contribution < -0.4 is 5.73 Å². The molecule has 0 aliphatic heterocycles. The number of rotatable bonds is 5. The van der Waals surface area contributed by atoms with Crippen molar-refractivity contribution >= 4 is 17.1 Å². The fourth-order valence-corrected chi connectivity index (χ4v) is 3.46. The van der Waals surface area contributed by atoms with E-state index in [1.807, 2.05) is 0 Å². The van der Waals surface area contributed by atoms with Gasteiger partial charge >= 0.3 is 0 Å². The molecule has 0 saturated carbocycles. The Labute approximate surface area is 171 Å². The molecule has 0 bridgehead atoms. The Morgan fingerprint density at radius 1 is 0.633 bits per heavy atom. The van der Waals surface area contributed by atoms with Gasteiger partial charge in [0, 0.05) is 23.5 Å². The lowest BCUT2D eigenvalue weighted by atomic mass is 10.1. The fraction of sp³-hybridized carbons (Fsp3) is 0. The van der Waals surface area contributed by atoms with Gasteiger partial charge in [0.25, 0.3) is 11.4 Å². The Morgan fingerprint density at radius 2 is 1.07 bits per heavy atom. The molecule has 0 saturated heterocycles. The van der Waals surface area contributed by atoms with E-state index in [1.54, 1.807) is 77.4 Å². The highest BCUT2D eigenvalue weighted by atomic mass is 16.6. The first-order valence-electron chi connectivity index (χ1n) is 9.02. The van der Waals surface area contributed by atoms with Crippen molar-refractivity contribution in [1.82, 2.24) is 4.57 Å². The second kappa shape index (κ2) is 7.51. The van der Waals surface area contributed by atoms with Gasteiger partial charge in [-0.25, -0.2) is 0 Å². The zero-order valence-corrected chi connectivity index (χ0v) is 15.6. The highest BCUT2D eigenvalue weighted by Gasteiger charge is 2.23. The summed E-state index contributed by atoms with van der Waals surface area (Å²) in [6.07, 6.45) is 0. The number of nitrogens with zero attached hydrogens (tertiary/aromatic N) is 3. The van der Waals surface area contributed by atoms with Crippen molar-refractivity contribution in [3.05, 3.63) is 105 Å². The van der Waals surface area contributed by atoms with Gasteiger partial charge in [-0.05, 0) is 48.5 Å². The Hall–Kier alpha value is -4.46. The Kier molecular flexibility index (Phi) is 4.73. The van der Waals surface area contributed by atoms with Crippen molar-refractivity contribution in [3.63, 3.8) is 0 Å². The maximum Gasteiger partial charge on any atom is 0.278 e. The van der Waals surface area contributed by atoms with Crippen LogP contribution in [0.3, 0.4) is 0 Å². The average Bonchev–Trinajstić information content (AvgIpc) is 3.19. The summed E-state index contributed by atoms with van der Waals surface area (Å²) in [4.78, 5) is 22.3. The summed E-state index contributed by atoms with van der Waals surface area (Å²) >= 11 is 0. The van der Waals surface area contributed by atoms with Crippen LogP contribution in [-0.4, -0.2) is 14.4 Å². The molecule has 0 fully saturated rings. The largest absolute Gasteiger partial charge is 0.399 e. The standard InChI is InChI=1S/C22H16N4O4/c23-15-9-11-16(12-10-15)24-19(17-5-1-3-7-21(17)25(27)28)13-14-20(24)18-6-2-4-8-22(18)26(29)30/h1-14H,23H2. The number of nitro groups is 2. The second-order valence-corrected chi connectivity index (χ2v) is 6.58. The highest BCUT2D eigenvalue weighted by Crippen LogP contribution is 2.39. The molecular weight excluding hydrogens is 384 g/mol. The van der Waals surface area contributed by atoms with Gasteiger partial charge in [-0.2, -0.15) is 0 Å². The lowest BCUT2D eigenvalue weighted by Crippen LogP contribution is -2.02. The second-order valence-electron chi connectivity index (χ2n) is 6.58. The van der Waals surface area contributed by atoms with E-state index < -0.39 is 9.85 Å². The van der Waals surface area contributed by atoms with Gasteiger partial charge in [0.15, 0.2) is 0 Å². The van der Waals surface area contributed by atoms with Gasteiger partial charge in [0.2, 0.25) is 0 Å². The number of nitro benzene ring substituents is 2. The molecule has 0 atom stereocenters. The number of nitrogens with two attached hydrogens (primary N) is 1. The summed E-state index contributed by atoms with van der Waals surface area (Å²) < 4.78 is 1.77. The minimum Gasteiger partial charge on any atom is -0.399 e. The van der Waals surface area contributed by atoms with Crippen LogP contribution >= 0.6 is 0 Å². The molecule has 8 nitrogen and oxygen atoms in total. The van der Waals surface area contributed by atoms with E-state index >= 15 is 0 Å². The van der Waals surface area contributed by atoms with Crippen molar-refractivity contribution in [2.24, 2.45) is 0 Å². The van der Waals surface area contributed by atoms with Crippen molar-refractivity contribution < 1.29 is 9.85 Å². The van der Waals surface area contributed by atoms with Crippen molar-refractivity contribution in [1.29, 1.82) is 0 Å². The molecule has 4 rings (SSSR count). The minimum absolute atomic E-state index is 0.0543. The van der Waals surface area contributed by atoms with Gasteiger partial charge in [0.1, 0.15) is 0 Å². The maximum atomic E-state index is 11.6. The Balaban J connectivity index is 2.05. The van der Waals surface area contributed by atoms with Crippen LogP contribution in [0.1, 0.15) is 0 Å². The third-order valence-electron chi connectivity index (χ3n) is 4.79. The number of anilines is 1. The van der Waals surface area contributed by atoms with Gasteiger partial charge in [0.05, 0.1) is 32.4 Å². The zero-order chi connectivity index (χ0) is 21.3. The van der Waals surface area contributed by atoms with E-state index in [0.717, 1.165) is 0 Å². The SMILES string of the molecule is Nc1ccc(-n2c(-c3ccccc3[N+](=O)[O-])ccc2-c2ccccc2[N+](=O)[O-])cc1. The van der Waals surface area contributed by atoms with E-state index in [4.69, 9.17) is 5.73 Å². The smallest absolute Gasteiger partial charge is 0.278 e. The number of benzene rings is 3. The maximum absolute atomic E-state index is 11.6. The summed E-state index contributed by atoms with van der Waals surface area (Å²) in [5.74, 6) is 0. The van der Waals surface area contributed by atoms with E-state index in [2.05, 4.69) is 0 Å². The first-order valence-corrected chi connectivity index (χ1v) is 9.02. The van der Waals surface area contributed by atoms with Crippen LogP contribution in [-0.2, 0) is 0 Å². The molecule has 0 spiro atoms. The normalized spacial score (nSPS) is 10.7. The van der Waals surface area contributed by atoms with Crippen LogP contribution in [0.25, 0.3) is 28.2 Å². The summed E-state index contributed by atoms with van der Waals surface area (Å²) in [5, 5.41) is 23.2. The number of hydrogen-bond acceptors (Lipinski definition) is 5. The number of hydrogen-bond donors (Lipinski definition) is 1. The molecule has 3 aromatic carbocycles. The fourth-order valence-electron chi connectivity index (χ4n) is 3.46. The monoisotopic (exact) mass is 400 g/mol. The van der Waals surface area contributed by atoms with Crippen molar-refractivity contribution in [3.8, 4) is 28.2 Å². The lowest BCUT2D eigenvalue weighted by Gasteiger charge is -2.15. The molecule has 0 aliphatic rings. The molecule has 8 heteroatoms. The quantitative estimate of drug-likeness (QED) is 0.280. The molecule has 2 N–H and O–H groups in total. The van der Waals surface area contributed by atoms with Gasteiger partial charge < -0.3 is 10.3 Å². The molecule has 0 aliphatic carbocycles. The number of para-hydroxylation sites is 2. The van der Waals surface area contributed by atoms with Gasteiger partial charge in [-0.3, -0.25) is 20.2 Å². The predicted octanol–water partition coefficient (Wildman–Crippen LogP) is 5.21. The van der Waals surface area contributed by atoms with E-state index in [9.17, 15) is 20.2 Å². The first kappa shape index (κ1) is 18.9. The predicted molar refractivity (Wildman–Crippen MR) is 114 cm³/mol. The molecule has 148 valence electrons. The minimum atomic E-state index is -0.444. The third kappa shape index (κ3) is 3.26. The van der Waals surface area contributed by atoms with E-state index in [-0.39, 0.29) is 11.4 Å². The summed E-state index contributed by atoms with van der Waals surface area (Å²) in [7, 11) is 0. The molecule has 1 aromatic heterocycles. The van der Waals surface area contributed by atoms with E-state index in [0.29, 0.717) is 33.9 Å². The average molecular weight is 400 g/mol.